The second kappa shape index (κ2) is 3.57. The van der Waals surface area contributed by atoms with Gasteiger partial charge in [0.2, 0.25) is 0 Å². The molecule has 5 heteroatoms. The predicted molar refractivity (Wildman–Crippen MR) is 52.8 cm³/mol. The van der Waals surface area contributed by atoms with Gasteiger partial charge in [-0.25, -0.2) is 9.97 Å². The van der Waals surface area contributed by atoms with Crippen LogP contribution in [0.2, 0.25) is 0 Å². The normalized spacial score (nSPS) is 10.2. The number of aryl methyl sites for hydroxylation is 1. The number of nitrogens with zero attached hydrogens (tertiary/aromatic N) is 2. The van der Waals surface area contributed by atoms with E-state index in [9.17, 15) is 0 Å². The summed E-state index contributed by atoms with van der Waals surface area (Å²) in [6.07, 6.45) is 3.50. The SMILES string of the molecule is Cc1csc(CNc2ncc[nH]2)n1. The average Bonchev–Trinajstić information content (AvgIpc) is 2.71. The molecule has 0 saturated heterocycles. The fourth-order valence-electron chi connectivity index (χ4n) is 1.01. The van der Waals surface area contributed by atoms with Crippen molar-refractivity contribution in [3.05, 3.63) is 28.5 Å². The minimum absolute atomic E-state index is 0.728. The van der Waals surface area contributed by atoms with Crippen LogP contribution in [-0.4, -0.2) is 15.0 Å². The Hall–Kier alpha value is -1.36. The van der Waals surface area contributed by atoms with Gasteiger partial charge >= 0.3 is 0 Å². The lowest BCUT2D eigenvalue weighted by Crippen LogP contribution is -2.00. The maximum Gasteiger partial charge on any atom is 0.200 e. The smallest absolute Gasteiger partial charge is 0.200 e. The Balaban J connectivity index is 1.93. The number of rotatable bonds is 3. The molecule has 2 rings (SSSR count). The van der Waals surface area contributed by atoms with Crippen molar-refractivity contribution in [1.82, 2.24) is 15.0 Å². The first kappa shape index (κ1) is 8.25. The van der Waals surface area contributed by atoms with E-state index in [-0.39, 0.29) is 0 Å². The third kappa shape index (κ3) is 2.06. The molecule has 2 aromatic rings. The van der Waals surface area contributed by atoms with Crippen molar-refractivity contribution < 1.29 is 0 Å². The van der Waals surface area contributed by atoms with E-state index in [1.54, 1.807) is 23.7 Å². The third-order valence-electron chi connectivity index (χ3n) is 1.57. The van der Waals surface area contributed by atoms with Gasteiger partial charge in [0.1, 0.15) is 5.01 Å². The first-order valence-electron chi connectivity index (χ1n) is 3.99. The second-order valence-corrected chi connectivity index (χ2v) is 3.62. The summed E-state index contributed by atoms with van der Waals surface area (Å²) in [5.74, 6) is 0.785. The Labute approximate surface area is 80.1 Å². The number of anilines is 1. The van der Waals surface area contributed by atoms with Gasteiger partial charge < -0.3 is 10.3 Å². The Kier molecular flexibility index (Phi) is 2.27. The number of imidazole rings is 1. The minimum atomic E-state index is 0.728. The van der Waals surface area contributed by atoms with Gasteiger partial charge in [-0.3, -0.25) is 0 Å². The van der Waals surface area contributed by atoms with Crippen molar-refractivity contribution in [3.63, 3.8) is 0 Å². The molecule has 0 saturated carbocycles. The van der Waals surface area contributed by atoms with E-state index in [1.807, 2.05) is 12.3 Å². The highest BCUT2D eigenvalue weighted by molar-refractivity contribution is 7.09. The molecule has 0 fully saturated rings. The van der Waals surface area contributed by atoms with E-state index in [2.05, 4.69) is 20.3 Å². The number of thiazole rings is 1. The van der Waals surface area contributed by atoms with Crippen LogP contribution in [0.25, 0.3) is 0 Å². The first-order valence-corrected chi connectivity index (χ1v) is 4.87. The van der Waals surface area contributed by atoms with Crippen LogP contribution in [0, 0.1) is 6.92 Å². The number of hydrogen-bond donors (Lipinski definition) is 2. The Morgan fingerprint density at radius 1 is 1.62 bits per heavy atom. The monoisotopic (exact) mass is 194 g/mol. The molecule has 0 radical (unpaired) electrons. The van der Waals surface area contributed by atoms with E-state index in [0.29, 0.717) is 0 Å². The van der Waals surface area contributed by atoms with Crippen LogP contribution in [0.1, 0.15) is 10.7 Å². The van der Waals surface area contributed by atoms with Crippen LogP contribution in [0.15, 0.2) is 17.8 Å². The van der Waals surface area contributed by atoms with Gasteiger partial charge in [0.15, 0.2) is 5.95 Å². The Morgan fingerprint density at radius 2 is 2.54 bits per heavy atom. The Morgan fingerprint density at radius 3 is 3.15 bits per heavy atom. The maximum atomic E-state index is 4.32. The summed E-state index contributed by atoms with van der Waals surface area (Å²) in [6.45, 7) is 2.72. The Bertz CT molecular complexity index is 365. The molecule has 0 aliphatic heterocycles. The summed E-state index contributed by atoms with van der Waals surface area (Å²) in [6, 6.07) is 0. The van der Waals surface area contributed by atoms with E-state index >= 15 is 0 Å². The molecule has 0 unspecified atom stereocenters. The van der Waals surface area contributed by atoms with Gasteiger partial charge in [-0.1, -0.05) is 0 Å². The molecule has 0 atom stereocenters. The summed E-state index contributed by atoms with van der Waals surface area (Å²) in [4.78, 5) is 11.3. The molecular formula is C8H10N4S. The molecule has 13 heavy (non-hydrogen) atoms. The molecule has 0 aliphatic carbocycles. The molecule has 0 aromatic carbocycles. The van der Waals surface area contributed by atoms with E-state index in [1.165, 1.54) is 0 Å². The van der Waals surface area contributed by atoms with Gasteiger partial charge in [0.05, 0.1) is 6.54 Å². The van der Waals surface area contributed by atoms with Crippen LogP contribution in [0.3, 0.4) is 0 Å². The largest absolute Gasteiger partial charge is 0.349 e. The fourth-order valence-corrected chi connectivity index (χ4v) is 1.72. The minimum Gasteiger partial charge on any atom is -0.349 e. The summed E-state index contributed by atoms with van der Waals surface area (Å²) in [7, 11) is 0. The standard InChI is InChI=1S/C8H10N4S/c1-6-5-13-7(12-6)4-11-8-9-2-3-10-8/h2-3,5H,4H2,1H3,(H2,9,10,11). The van der Waals surface area contributed by atoms with E-state index < -0.39 is 0 Å². The maximum absolute atomic E-state index is 4.32. The molecule has 2 aromatic heterocycles. The zero-order valence-electron chi connectivity index (χ0n) is 7.24. The van der Waals surface area contributed by atoms with Crippen LogP contribution in [0.4, 0.5) is 5.95 Å². The van der Waals surface area contributed by atoms with Gasteiger partial charge in [-0.2, -0.15) is 0 Å². The van der Waals surface area contributed by atoms with Crippen molar-refractivity contribution in [2.45, 2.75) is 13.5 Å². The lowest BCUT2D eigenvalue weighted by molar-refractivity contribution is 1.05. The average molecular weight is 194 g/mol. The summed E-state index contributed by atoms with van der Waals surface area (Å²) in [5, 5.41) is 6.25. The predicted octanol–water partition coefficient (Wildman–Crippen LogP) is 1.79. The van der Waals surface area contributed by atoms with E-state index in [4.69, 9.17) is 0 Å². The molecule has 2 N–H and O–H groups in total. The number of H-pyrrole nitrogens is 1. The highest BCUT2D eigenvalue weighted by Crippen LogP contribution is 2.09. The fraction of sp³-hybridized carbons (Fsp3) is 0.250. The lowest BCUT2D eigenvalue weighted by atomic mass is 10.6. The zero-order chi connectivity index (χ0) is 9.10. The molecular weight excluding hydrogens is 184 g/mol. The van der Waals surface area contributed by atoms with Crippen molar-refractivity contribution in [2.24, 2.45) is 0 Å². The number of aromatic amines is 1. The lowest BCUT2D eigenvalue weighted by Gasteiger charge is -1.97. The van der Waals surface area contributed by atoms with Gasteiger partial charge in [0, 0.05) is 23.5 Å². The molecule has 0 bridgehead atoms. The van der Waals surface area contributed by atoms with E-state index in [0.717, 1.165) is 23.2 Å². The van der Waals surface area contributed by atoms with Crippen LogP contribution in [0.5, 0.6) is 0 Å². The van der Waals surface area contributed by atoms with Gasteiger partial charge in [-0.15, -0.1) is 11.3 Å². The third-order valence-corrected chi connectivity index (χ3v) is 2.54. The summed E-state index contributed by atoms with van der Waals surface area (Å²) >= 11 is 1.66. The second-order valence-electron chi connectivity index (χ2n) is 2.67. The highest BCUT2D eigenvalue weighted by atomic mass is 32.1. The highest BCUT2D eigenvalue weighted by Gasteiger charge is 1.98. The number of nitrogens with one attached hydrogen (secondary N) is 2. The first-order chi connectivity index (χ1) is 6.34. The van der Waals surface area contributed by atoms with Crippen LogP contribution in [-0.2, 0) is 6.54 Å². The van der Waals surface area contributed by atoms with Gasteiger partial charge in [-0.05, 0) is 6.92 Å². The molecule has 2 heterocycles. The van der Waals surface area contributed by atoms with Gasteiger partial charge in [0.25, 0.3) is 0 Å². The van der Waals surface area contributed by atoms with Crippen molar-refractivity contribution in [3.8, 4) is 0 Å². The molecule has 0 amide bonds. The molecule has 4 nitrogen and oxygen atoms in total. The summed E-state index contributed by atoms with van der Waals surface area (Å²) in [5.41, 5.74) is 1.07. The molecule has 68 valence electrons. The van der Waals surface area contributed by atoms with Crippen molar-refractivity contribution in [1.29, 1.82) is 0 Å². The quantitative estimate of drug-likeness (QED) is 0.783. The topological polar surface area (TPSA) is 53.6 Å². The molecule has 0 aliphatic rings. The van der Waals surface area contributed by atoms with Crippen LogP contribution < -0.4 is 5.32 Å². The molecule has 0 spiro atoms. The van der Waals surface area contributed by atoms with Crippen LogP contribution >= 0.6 is 11.3 Å². The van der Waals surface area contributed by atoms with Crippen molar-refractivity contribution >= 4 is 17.3 Å². The summed E-state index contributed by atoms with van der Waals surface area (Å²) < 4.78 is 0. The zero-order valence-corrected chi connectivity index (χ0v) is 8.06. The number of hydrogen-bond acceptors (Lipinski definition) is 4. The number of aromatic nitrogens is 3. The van der Waals surface area contributed by atoms with Crippen molar-refractivity contribution in [2.75, 3.05) is 5.32 Å².